The van der Waals surface area contributed by atoms with Crippen LogP contribution in [0.4, 0.5) is 5.69 Å². The Morgan fingerprint density at radius 2 is 1.82 bits per heavy atom. The zero-order valence-electron chi connectivity index (χ0n) is 15.8. The van der Waals surface area contributed by atoms with Crippen LogP contribution in [0.3, 0.4) is 0 Å². The molecular weight excluding hydrogens is 384 g/mol. The van der Waals surface area contributed by atoms with Crippen LogP contribution in [0, 0.1) is 0 Å². The Kier molecular flexibility index (Phi) is 7.13. The lowest BCUT2D eigenvalue weighted by atomic mass is 10.2. The minimum atomic E-state index is -3.71. The maximum atomic E-state index is 12.3. The summed E-state index contributed by atoms with van der Waals surface area (Å²) < 4.78 is 36.8. The molecule has 0 aromatic heterocycles. The van der Waals surface area contributed by atoms with Crippen LogP contribution in [-0.4, -0.2) is 40.1 Å². The van der Waals surface area contributed by atoms with Crippen LogP contribution < -0.4 is 14.8 Å². The van der Waals surface area contributed by atoms with Crippen molar-refractivity contribution in [2.24, 2.45) is 0 Å². The van der Waals surface area contributed by atoms with Gasteiger partial charge in [-0.3, -0.25) is 4.79 Å². The number of hydrogen-bond donors (Lipinski definition) is 2. The third-order valence-corrected chi connectivity index (χ3v) is 5.28. The highest BCUT2D eigenvalue weighted by atomic mass is 32.2. The van der Waals surface area contributed by atoms with Crippen LogP contribution in [0.2, 0.25) is 0 Å². The molecule has 0 saturated carbocycles. The molecule has 0 aliphatic heterocycles. The van der Waals surface area contributed by atoms with Gasteiger partial charge in [0.2, 0.25) is 10.0 Å². The van der Waals surface area contributed by atoms with E-state index in [0.29, 0.717) is 11.4 Å². The molecule has 150 valence electrons. The summed E-state index contributed by atoms with van der Waals surface area (Å²) >= 11 is 0. The van der Waals surface area contributed by atoms with Gasteiger partial charge >= 0.3 is 5.97 Å². The molecule has 0 fully saturated rings. The van der Waals surface area contributed by atoms with E-state index in [1.807, 2.05) is 0 Å². The van der Waals surface area contributed by atoms with Gasteiger partial charge in [0.05, 0.1) is 23.3 Å². The topological polar surface area (TPSA) is 111 Å². The molecular formula is C19H22N2O6S. The maximum Gasteiger partial charge on any atom is 0.338 e. The molecule has 0 spiro atoms. The Morgan fingerprint density at radius 3 is 2.50 bits per heavy atom. The number of nitrogens with one attached hydrogen (secondary N) is 2. The van der Waals surface area contributed by atoms with Gasteiger partial charge in [0.15, 0.2) is 6.10 Å². The molecule has 8 nitrogen and oxygen atoms in total. The van der Waals surface area contributed by atoms with Gasteiger partial charge in [-0.1, -0.05) is 25.1 Å². The molecule has 2 rings (SSSR count). The van der Waals surface area contributed by atoms with Crippen LogP contribution in [0.5, 0.6) is 5.75 Å². The van der Waals surface area contributed by atoms with Crippen LogP contribution in [0.1, 0.15) is 24.2 Å². The highest BCUT2D eigenvalue weighted by Gasteiger charge is 2.21. The number of rotatable bonds is 8. The Hall–Kier alpha value is -2.91. The van der Waals surface area contributed by atoms with E-state index >= 15 is 0 Å². The van der Waals surface area contributed by atoms with Gasteiger partial charge < -0.3 is 14.8 Å². The average molecular weight is 406 g/mol. The number of benzene rings is 2. The molecule has 28 heavy (non-hydrogen) atoms. The number of methoxy groups -OCH3 is 1. The molecule has 0 aliphatic carbocycles. The first-order valence-electron chi connectivity index (χ1n) is 8.53. The number of amides is 1. The smallest absolute Gasteiger partial charge is 0.338 e. The van der Waals surface area contributed by atoms with Gasteiger partial charge in [-0.2, -0.15) is 0 Å². The number of para-hydroxylation sites is 2. The molecule has 1 amide bonds. The fraction of sp³-hybridized carbons (Fsp3) is 0.263. The van der Waals surface area contributed by atoms with E-state index in [-0.39, 0.29) is 17.0 Å². The first kappa shape index (κ1) is 21.4. The lowest BCUT2D eigenvalue weighted by Gasteiger charge is -2.15. The van der Waals surface area contributed by atoms with Crippen molar-refractivity contribution in [1.82, 2.24) is 4.72 Å². The zero-order chi connectivity index (χ0) is 20.7. The maximum absolute atomic E-state index is 12.3. The monoisotopic (exact) mass is 406 g/mol. The predicted octanol–water partition coefficient (Wildman–Crippen LogP) is 2.18. The van der Waals surface area contributed by atoms with E-state index in [0.717, 1.165) is 0 Å². The summed E-state index contributed by atoms with van der Waals surface area (Å²) in [5.74, 6) is -0.888. The zero-order valence-corrected chi connectivity index (χ0v) is 16.6. The van der Waals surface area contributed by atoms with E-state index < -0.39 is 28.0 Å². The summed E-state index contributed by atoms with van der Waals surface area (Å²) in [7, 11) is -2.24. The molecule has 0 heterocycles. The third-order valence-electron chi connectivity index (χ3n) is 3.73. The standard InChI is InChI=1S/C19H22N2O6S/c1-4-20-28(24,25)15-9-7-8-14(12-15)19(23)27-13(2)18(22)21-16-10-5-6-11-17(16)26-3/h5-13,20H,4H2,1-3H3,(H,21,22)/t13-/m1/s1. The summed E-state index contributed by atoms with van der Waals surface area (Å²) in [5, 5.41) is 2.62. The van der Waals surface area contributed by atoms with E-state index in [4.69, 9.17) is 9.47 Å². The van der Waals surface area contributed by atoms with Crippen molar-refractivity contribution in [3.63, 3.8) is 0 Å². The predicted molar refractivity (Wildman–Crippen MR) is 104 cm³/mol. The minimum Gasteiger partial charge on any atom is -0.495 e. The molecule has 0 aliphatic rings. The number of sulfonamides is 1. The fourth-order valence-electron chi connectivity index (χ4n) is 2.33. The highest BCUT2D eigenvalue weighted by molar-refractivity contribution is 7.89. The summed E-state index contributed by atoms with van der Waals surface area (Å²) in [6.07, 6.45) is -1.11. The van der Waals surface area contributed by atoms with E-state index in [9.17, 15) is 18.0 Å². The number of hydrogen-bond acceptors (Lipinski definition) is 6. The number of esters is 1. The van der Waals surface area contributed by atoms with Crippen molar-refractivity contribution in [3.05, 3.63) is 54.1 Å². The molecule has 2 aromatic carbocycles. The van der Waals surface area contributed by atoms with Crippen LogP contribution in [0.25, 0.3) is 0 Å². The SMILES string of the molecule is CCNS(=O)(=O)c1cccc(C(=O)O[C@H](C)C(=O)Nc2ccccc2OC)c1. The molecule has 0 radical (unpaired) electrons. The normalized spacial score (nSPS) is 12.1. The van der Waals surface area contributed by atoms with E-state index in [2.05, 4.69) is 10.0 Å². The summed E-state index contributed by atoms with van der Waals surface area (Å²) in [6, 6.07) is 12.2. The van der Waals surface area contributed by atoms with E-state index in [1.54, 1.807) is 31.2 Å². The van der Waals surface area contributed by atoms with Gasteiger partial charge in [0.25, 0.3) is 5.91 Å². The third kappa shape index (κ3) is 5.30. The van der Waals surface area contributed by atoms with Crippen molar-refractivity contribution in [1.29, 1.82) is 0 Å². The Bertz CT molecular complexity index is 958. The summed E-state index contributed by atoms with van der Waals surface area (Å²) in [4.78, 5) is 24.6. The first-order valence-corrected chi connectivity index (χ1v) is 10.0. The molecule has 2 aromatic rings. The number of carbonyl (C=O) groups excluding carboxylic acids is 2. The van der Waals surface area contributed by atoms with Crippen LogP contribution in [-0.2, 0) is 19.6 Å². The lowest BCUT2D eigenvalue weighted by molar-refractivity contribution is -0.123. The quantitative estimate of drug-likeness (QED) is 0.650. The molecule has 1 atom stereocenters. The van der Waals surface area contributed by atoms with Crippen LogP contribution >= 0.6 is 0 Å². The Morgan fingerprint density at radius 1 is 1.11 bits per heavy atom. The number of carbonyl (C=O) groups is 2. The van der Waals surface area contributed by atoms with Gasteiger partial charge in [0, 0.05) is 6.54 Å². The lowest BCUT2D eigenvalue weighted by Crippen LogP contribution is -2.30. The van der Waals surface area contributed by atoms with Crippen LogP contribution in [0.15, 0.2) is 53.4 Å². The van der Waals surface area contributed by atoms with Crippen molar-refractivity contribution in [2.75, 3.05) is 19.0 Å². The summed E-state index contributed by atoms with van der Waals surface area (Å²) in [6.45, 7) is 3.29. The second-order valence-electron chi connectivity index (χ2n) is 5.77. The second kappa shape index (κ2) is 9.34. The number of ether oxygens (including phenoxy) is 2. The largest absolute Gasteiger partial charge is 0.495 e. The summed E-state index contributed by atoms with van der Waals surface area (Å²) in [5.41, 5.74) is 0.465. The molecule has 2 N–H and O–H groups in total. The molecule has 0 bridgehead atoms. The Balaban J connectivity index is 2.09. The average Bonchev–Trinajstić information content (AvgIpc) is 2.68. The molecule has 0 saturated heterocycles. The van der Waals surface area contributed by atoms with Gasteiger partial charge in [-0.15, -0.1) is 0 Å². The Labute approximate surface area is 163 Å². The number of anilines is 1. The van der Waals surface area contributed by atoms with Gasteiger partial charge in [-0.25, -0.2) is 17.9 Å². The first-order chi connectivity index (χ1) is 13.3. The van der Waals surface area contributed by atoms with Crippen molar-refractivity contribution < 1.29 is 27.5 Å². The van der Waals surface area contributed by atoms with Crippen molar-refractivity contribution in [3.8, 4) is 5.75 Å². The highest BCUT2D eigenvalue weighted by Crippen LogP contribution is 2.23. The van der Waals surface area contributed by atoms with Crippen molar-refractivity contribution in [2.45, 2.75) is 24.8 Å². The van der Waals surface area contributed by atoms with E-state index in [1.165, 1.54) is 38.3 Å². The molecule has 0 unspecified atom stereocenters. The minimum absolute atomic E-state index is 0.0240. The second-order valence-corrected chi connectivity index (χ2v) is 7.53. The molecule has 9 heteroatoms. The fourth-order valence-corrected chi connectivity index (χ4v) is 3.41. The van der Waals surface area contributed by atoms with Gasteiger partial charge in [-0.05, 0) is 37.3 Å². The van der Waals surface area contributed by atoms with Crippen molar-refractivity contribution >= 4 is 27.6 Å². The van der Waals surface area contributed by atoms with Gasteiger partial charge in [0.1, 0.15) is 5.75 Å².